The van der Waals surface area contributed by atoms with Crippen molar-refractivity contribution in [3.05, 3.63) is 133 Å². The zero-order valence-electron chi connectivity index (χ0n) is 24.6. The van der Waals surface area contributed by atoms with E-state index in [0.29, 0.717) is 0 Å². The molecule has 0 heterocycles. The maximum absolute atomic E-state index is 2.99. The van der Waals surface area contributed by atoms with E-state index in [0.717, 1.165) is 12.8 Å². The summed E-state index contributed by atoms with van der Waals surface area (Å²) < 4.78 is 3.01. The molecule has 0 aliphatic heterocycles. The van der Waals surface area contributed by atoms with Crippen LogP contribution in [0.3, 0.4) is 0 Å². The van der Waals surface area contributed by atoms with Gasteiger partial charge in [-0.1, -0.05) is 26.0 Å². The molecule has 0 aromatic heterocycles. The SMILES string of the molecule is C[C](C)=[Zr+2].C[C](C)=[Zr+2].Cc1c[cH-]c2ccccc12.Cc1c[cH-]c2ccccc12.[C-]1=CC=CC1.[C-]1=CC=CC1.[Cl-].[Cl-]. The first-order valence-corrected chi connectivity index (χ1v) is 15.4. The smallest absolute Gasteiger partial charge is 0.0809 e. The van der Waals surface area contributed by atoms with E-state index in [1.165, 1.54) is 39.1 Å². The molecule has 4 aromatic rings. The Hall–Kier alpha value is -1.29. The number of hydrogen-bond donors (Lipinski definition) is 0. The van der Waals surface area contributed by atoms with Crippen LogP contribution in [-0.4, -0.2) is 6.41 Å². The molecule has 4 aromatic carbocycles. The quantitative estimate of drug-likeness (QED) is 0.242. The fourth-order valence-corrected chi connectivity index (χ4v) is 3.29. The van der Waals surface area contributed by atoms with Crippen LogP contribution in [0.2, 0.25) is 0 Å². The van der Waals surface area contributed by atoms with Crippen molar-refractivity contribution in [1.29, 1.82) is 0 Å². The fourth-order valence-electron chi connectivity index (χ4n) is 3.29. The summed E-state index contributed by atoms with van der Waals surface area (Å²) >= 11 is 3.11. The van der Waals surface area contributed by atoms with Gasteiger partial charge in [0.15, 0.2) is 0 Å². The van der Waals surface area contributed by atoms with Gasteiger partial charge in [-0.05, 0) is 0 Å². The Balaban J connectivity index is 0. The van der Waals surface area contributed by atoms with E-state index in [2.05, 4.69) is 139 Å². The minimum absolute atomic E-state index is 0. The molecule has 0 saturated carbocycles. The van der Waals surface area contributed by atoms with Gasteiger partial charge < -0.3 is 24.8 Å². The molecular weight excluding hydrogens is 686 g/mol. The molecule has 0 amide bonds. The zero-order valence-corrected chi connectivity index (χ0v) is 31.0. The fraction of sp³-hybridized carbons (Fsp3) is 0.222. The van der Waals surface area contributed by atoms with Crippen LogP contribution in [0, 0.1) is 26.0 Å². The zero-order chi connectivity index (χ0) is 28.2. The Kier molecular flexibility index (Phi) is 26.0. The van der Waals surface area contributed by atoms with Gasteiger partial charge in [0.1, 0.15) is 0 Å². The van der Waals surface area contributed by atoms with E-state index in [1.54, 1.807) is 48.5 Å². The summed E-state index contributed by atoms with van der Waals surface area (Å²) in [5, 5.41) is 5.45. The molecule has 0 atom stereocenters. The molecule has 0 N–H and O–H groups in total. The van der Waals surface area contributed by atoms with E-state index < -0.39 is 0 Å². The first-order valence-electron chi connectivity index (χ1n) is 12.9. The molecule has 0 radical (unpaired) electrons. The maximum atomic E-state index is 2.99. The maximum Gasteiger partial charge on any atom is -0.0809 e. The summed E-state index contributed by atoms with van der Waals surface area (Å²) in [7, 11) is 0. The van der Waals surface area contributed by atoms with Gasteiger partial charge in [-0.15, -0.1) is 82.9 Å². The molecule has 0 unspecified atom stereocenters. The van der Waals surface area contributed by atoms with Gasteiger partial charge in [0.2, 0.25) is 0 Å². The number of rotatable bonds is 0. The molecule has 0 saturated heterocycles. The summed E-state index contributed by atoms with van der Waals surface area (Å²) in [5.74, 6) is 0. The summed E-state index contributed by atoms with van der Waals surface area (Å²) in [5.41, 5.74) is 2.74. The Morgan fingerprint density at radius 2 is 0.950 bits per heavy atom. The largest absolute Gasteiger partial charge is 1.00 e. The van der Waals surface area contributed by atoms with Crippen LogP contribution in [0.25, 0.3) is 21.5 Å². The first-order chi connectivity index (χ1) is 18.2. The summed E-state index contributed by atoms with van der Waals surface area (Å²) in [4.78, 5) is 0. The minimum Gasteiger partial charge on any atom is -1.00 e. The van der Waals surface area contributed by atoms with Crippen molar-refractivity contribution in [2.45, 2.75) is 54.4 Å². The average molecular weight is 726 g/mol. The molecule has 2 aliphatic rings. The van der Waals surface area contributed by atoms with Gasteiger partial charge in [-0.3, -0.25) is 12.2 Å². The molecule has 208 valence electrons. The molecule has 0 spiro atoms. The summed E-state index contributed by atoms with van der Waals surface area (Å²) in [6, 6.07) is 25.5. The van der Waals surface area contributed by atoms with E-state index in [9.17, 15) is 0 Å². The van der Waals surface area contributed by atoms with Gasteiger partial charge in [-0.2, -0.15) is 35.4 Å². The van der Waals surface area contributed by atoms with Crippen LogP contribution in [0.1, 0.15) is 51.7 Å². The van der Waals surface area contributed by atoms with Crippen molar-refractivity contribution in [2.24, 2.45) is 0 Å². The number of halogens is 2. The first kappa shape index (κ1) is 40.8. The van der Waals surface area contributed by atoms with Crippen LogP contribution in [0.4, 0.5) is 0 Å². The second kappa shape index (κ2) is 25.4. The van der Waals surface area contributed by atoms with Crippen molar-refractivity contribution >= 4 is 28.0 Å². The van der Waals surface area contributed by atoms with Crippen LogP contribution in [-0.2, 0) is 48.5 Å². The number of hydrogen-bond acceptors (Lipinski definition) is 0. The average Bonchev–Trinajstić information content (AvgIpc) is 3.70. The number of aryl methyl sites for hydroxylation is 2. The second-order valence-electron chi connectivity index (χ2n) is 9.21. The normalized spacial score (nSPS) is 11.1. The van der Waals surface area contributed by atoms with E-state index in [-0.39, 0.29) is 24.8 Å². The Morgan fingerprint density at radius 3 is 1.18 bits per heavy atom. The number of benzene rings is 2. The molecule has 0 fully saturated rings. The van der Waals surface area contributed by atoms with Crippen molar-refractivity contribution < 1.29 is 73.3 Å². The Labute approximate surface area is 285 Å². The summed E-state index contributed by atoms with van der Waals surface area (Å²) in [6.07, 6.45) is 20.0. The molecule has 0 nitrogen and oxygen atoms in total. The standard InChI is InChI=1S/2C10H9.2C5H5.2C3H6.2ClH.2Zr/c2*1-8-6-7-9-4-2-3-5-10(8)9;2*1-2-4-5-3-1;2*1-3-2;;;;/h2*2-7H,1H3;2*1-3H,4H2;2*1-2H3;2*1H;;/q4*-1;;;;;2*+2/p-2. The predicted molar refractivity (Wildman–Crippen MR) is 164 cm³/mol. The van der Waals surface area contributed by atoms with E-state index in [4.69, 9.17) is 0 Å². The van der Waals surface area contributed by atoms with Gasteiger partial charge >= 0.3 is 82.6 Å². The van der Waals surface area contributed by atoms with Gasteiger partial charge in [0.05, 0.1) is 0 Å². The van der Waals surface area contributed by atoms with Gasteiger partial charge in [0, 0.05) is 0 Å². The van der Waals surface area contributed by atoms with Crippen molar-refractivity contribution in [2.75, 3.05) is 0 Å². The van der Waals surface area contributed by atoms with E-state index in [1.807, 2.05) is 24.3 Å². The van der Waals surface area contributed by atoms with Crippen molar-refractivity contribution in [3.8, 4) is 0 Å². The third-order valence-corrected chi connectivity index (χ3v) is 4.97. The van der Waals surface area contributed by atoms with Crippen LogP contribution < -0.4 is 24.8 Å². The monoisotopic (exact) mass is 722 g/mol. The Morgan fingerprint density at radius 1 is 0.625 bits per heavy atom. The molecule has 6 rings (SSSR count). The van der Waals surface area contributed by atoms with Gasteiger partial charge in [0.25, 0.3) is 0 Å². The van der Waals surface area contributed by atoms with Crippen molar-refractivity contribution in [3.63, 3.8) is 0 Å². The topological polar surface area (TPSA) is 0 Å². The van der Waals surface area contributed by atoms with Crippen LogP contribution >= 0.6 is 0 Å². The van der Waals surface area contributed by atoms with Crippen molar-refractivity contribution in [1.82, 2.24) is 0 Å². The predicted octanol–water partition coefficient (Wildman–Crippen LogP) is 3.84. The molecule has 4 heteroatoms. The molecular formula is C36H40Cl2Zr2-2. The molecule has 2 aliphatic carbocycles. The third kappa shape index (κ3) is 19.7. The molecule has 40 heavy (non-hydrogen) atoms. The number of fused-ring (bicyclic) bond motifs is 2. The Bertz CT molecular complexity index is 1230. The van der Waals surface area contributed by atoms with E-state index >= 15 is 0 Å². The minimum atomic E-state index is 0. The van der Waals surface area contributed by atoms with Crippen LogP contribution in [0.5, 0.6) is 0 Å². The molecule has 0 bridgehead atoms. The van der Waals surface area contributed by atoms with Gasteiger partial charge in [-0.25, -0.2) is 24.3 Å². The number of allylic oxidation sites excluding steroid dienone is 8. The summed E-state index contributed by atoms with van der Waals surface area (Å²) in [6.45, 7) is 12.8. The third-order valence-electron chi connectivity index (χ3n) is 4.97. The van der Waals surface area contributed by atoms with Crippen LogP contribution in [0.15, 0.2) is 109 Å². The second-order valence-corrected chi connectivity index (χ2v) is 14.1.